The van der Waals surface area contributed by atoms with Crippen LogP contribution in [-0.2, 0) is 10.6 Å². The predicted molar refractivity (Wildman–Crippen MR) is 33.9 cm³/mol. The van der Waals surface area contributed by atoms with Crippen LogP contribution in [0.25, 0.3) is 0 Å². The van der Waals surface area contributed by atoms with Gasteiger partial charge in [-0.05, 0) is 12.1 Å². The lowest BCUT2D eigenvalue weighted by molar-refractivity contribution is 0.559. The van der Waals surface area contributed by atoms with Crippen LogP contribution in [0.15, 0.2) is 24.5 Å². The molecule has 0 saturated heterocycles. The van der Waals surface area contributed by atoms with Gasteiger partial charge in [0.15, 0.2) is 0 Å². The molecule has 11 heavy (non-hydrogen) atoms. The summed E-state index contributed by atoms with van der Waals surface area (Å²) in [6.07, 6.45) is 2.70. The molecule has 0 N–H and O–H groups in total. The first-order chi connectivity index (χ1) is 5.13. The van der Waals surface area contributed by atoms with E-state index in [9.17, 15) is 4.39 Å². The highest BCUT2D eigenvalue weighted by atomic mass is 32.2. The molecule has 0 fully saturated rings. The summed E-state index contributed by atoms with van der Waals surface area (Å²) in [7, 11) is -3.11. The fraction of sp³-hybridized carbons (Fsp3) is 0. The number of aromatic nitrogens is 1. The van der Waals surface area contributed by atoms with E-state index < -0.39 is 10.6 Å². The zero-order chi connectivity index (χ0) is 8.69. The van der Waals surface area contributed by atoms with Gasteiger partial charge in [-0.25, -0.2) is 4.39 Å². The van der Waals surface area contributed by atoms with Gasteiger partial charge in [0.25, 0.3) is 0 Å². The maximum absolute atomic E-state index is 11.8. The number of pyridine rings is 1. The van der Waals surface area contributed by atoms with Gasteiger partial charge in [0, 0.05) is 6.20 Å². The fourth-order valence-electron chi connectivity index (χ4n) is 0.342. The molecule has 0 atom stereocenters. The van der Waals surface area contributed by atoms with Crippen molar-refractivity contribution in [3.8, 4) is 0 Å². The average Bonchev–Trinajstić information content (AvgIpc) is 1.87. The third-order valence-electron chi connectivity index (χ3n) is 0.625. The molecule has 6 heteroatoms. The van der Waals surface area contributed by atoms with Crippen LogP contribution in [0.4, 0.5) is 4.39 Å². The Bertz CT molecular complexity index is 288. The van der Waals surface area contributed by atoms with Crippen molar-refractivity contribution in [3.05, 3.63) is 30.3 Å². The van der Waals surface area contributed by atoms with Gasteiger partial charge in [0.05, 0.1) is 6.20 Å². The summed E-state index contributed by atoms with van der Waals surface area (Å²) in [6, 6.07) is 2.91. The molecule has 4 nitrogen and oxygen atoms in total. The molecule has 1 aromatic rings. The van der Waals surface area contributed by atoms with Crippen LogP contribution in [0.3, 0.4) is 0 Å². The van der Waals surface area contributed by atoms with Crippen molar-refractivity contribution in [3.63, 3.8) is 0 Å². The van der Waals surface area contributed by atoms with Crippen LogP contribution in [0.5, 0.6) is 0 Å². The minimum Gasteiger partial charge on any atom is -0.262 e. The monoisotopic (exact) mass is 177 g/mol. The molecule has 0 unspecified atom stereocenters. The fourth-order valence-corrected chi connectivity index (χ4v) is 0.342. The lowest BCUT2D eigenvalue weighted by atomic mass is 10.5. The third kappa shape index (κ3) is 8.70. The van der Waals surface area contributed by atoms with Crippen LogP contribution in [0, 0.1) is 5.82 Å². The second kappa shape index (κ2) is 5.48. The number of nitrogens with zero attached hydrogens (tertiary/aromatic N) is 1. The molecule has 0 amide bonds. The standard InChI is InChI=1S/C5H4FN.O3S/c6-5-2-1-3-7-4-5;1-4(2)3/h1-4H;. The molecular formula is C5H4FNO3S. The first kappa shape index (κ1) is 9.70. The summed E-state index contributed by atoms with van der Waals surface area (Å²) in [5, 5.41) is 0. The molecule has 1 aromatic heterocycles. The van der Waals surface area contributed by atoms with Crippen molar-refractivity contribution in [2.24, 2.45) is 0 Å². The lowest BCUT2D eigenvalue weighted by Crippen LogP contribution is -1.70. The summed E-state index contributed by atoms with van der Waals surface area (Å²) < 4.78 is 37.2. The molecule has 0 aliphatic heterocycles. The molecule has 1 rings (SSSR count). The SMILES string of the molecule is Fc1cccnc1.O=S(=O)=O. The predicted octanol–water partition coefficient (Wildman–Crippen LogP) is 0.217. The van der Waals surface area contributed by atoms with Crippen molar-refractivity contribution < 1.29 is 17.0 Å². The van der Waals surface area contributed by atoms with Crippen LogP contribution < -0.4 is 0 Å². The van der Waals surface area contributed by atoms with Crippen molar-refractivity contribution in [2.75, 3.05) is 0 Å². The Labute approximate surface area is 63.8 Å². The summed E-state index contributed by atoms with van der Waals surface area (Å²) in [6.45, 7) is 0. The van der Waals surface area contributed by atoms with Crippen molar-refractivity contribution in [2.45, 2.75) is 0 Å². The third-order valence-corrected chi connectivity index (χ3v) is 0.625. The normalized spacial score (nSPS) is 7.73. The second-order valence-electron chi connectivity index (χ2n) is 1.38. The Morgan fingerprint density at radius 2 is 1.91 bits per heavy atom. The van der Waals surface area contributed by atoms with Crippen LogP contribution in [-0.4, -0.2) is 17.6 Å². The van der Waals surface area contributed by atoms with Gasteiger partial charge in [-0.15, -0.1) is 12.6 Å². The molecule has 0 aromatic carbocycles. The van der Waals surface area contributed by atoms with Crippen LogP contribution >= 0.6 is 0 Å². The zero-order valence-electron chi connectivity index (χ0n) is 5.27. The Kier molecular flexibility index (Phi) is 4.83. The van der Waals surface area contributed by atoms with E-state index in [1.165, 1.54) is 18.5 Å². The summed E-state index contributed by atoms with van der Waals surface area (Å²) in [4.78, 5) is 3.51. The molecule has 0 spiro atoms. The van der Waals surface area contributed by atoms with Crippen LogP contribution in [0.1, 0.15) is 0 Å². The number of hydrogen-bond acceptors (Lipinski definition) is 4. The minimum atomic E-state index is -3.11. The highest BCUT2D eigenvalue weighted by Gasteiger charge is 1.78. The summed E-state index contributed by atoms with van der Waals surface area (Å²) >= 11 is 0. The Morgan fingerprint density at radius 1 is 1.36 bits per heavy atom. The van der Waals surface area contributed by atoms with Gasteiger partial charge >= 0.3 is 10.6 Å². The van der Waals surface area contributed by atoms with E-state index in [4.69, 9.17) is 12.6 Å². The second-order valence-corrected chi connectivity index (χ2v) is 1.78. The molecule has 0 aliphatic carbocycles. The number of halogens is 1. The molecule has 0 radical (unpaired) electrons. The quantitative estimate of drug-likeness (QED) is 0.568. The Morgan fingerprint density at radius 3 is 2.09 bits per heavy atom. The molecule has 1 heterocycles. The average molecular weight is 177 g/mol. The highest BCUT2D eigenvalue weighted by molar-refractivity contribution is 7.59. The molecule has 0 aliphatic rings. The Balaban J connectivity index is 0.000000218. The van der Waals surface area contributed by atoms with E-state index in [0.717, 1.165) is 0 Å². The molecule has 60 valence electrons. The van der Waals surface area contributed by atoms with Crippen LogP contribution in [0.2, 0.25) is 0 Å². The zero-order valence-corrected chi connectivity index (χ0v) is 6.08. The summed E-state index contributed by atoms with van der Waals surface area (Å²) in [5.74, 6) is -0.289. The largest absolute Gasteiger partial charge is 0.425 e. The molecule has 0 bridgehead atoms. The number of rotatable bonds is 0. The van der Waals surface area contributed by atoms with E-state index in [1.54, 1.807) is 6.07 Å². The maximum Gasteiger partial charge on any atom is 0.425 e. The van der Waals surface area contributed by atoms with Gasteiger partial charge in [-0.3, -0.25) is 4.98 Å². The van der Waals surface area contributed by atoms with Gasteiger partial charge in [0.2, 0.25) is 0 Å². The van der Waals surface area contributed by atoms with E-state index in [2.05, 4.69) is 4.98 Å². The highest BCUT2D eigenvalue weighted by Crippen LogP contribution is 1.87. The molecule has 0 saturated carbocycles. The maximum atomic E-state index is 11.8. The molecular weight excluding hydrogens is 173 g/mol. The van der Waals surface area contributed by atoms with Crippen molar-refractivity contribution in [1.29, 1.82) is 0 Å². The van der Waals surface area contributed by atoms with E-state index in [1.807, 2.05) is 0 Å². The van der Waals surface area contributed by atoms with Gasteiger partial charge in [-0.1, -0.05) is 0 Å². The topological polar surface area (TPSA) is 64.1 Å². The van der Waals surface area contributed by atoms with Gasteiger partial charge in [-0.2, -0.15) is 0 Å². The van der Waals surface area contributed by atoms with Crippen molar-refractivity contribution in [1.82, 2.24) is 4.98 Å². The first-order valence-electron chi connectivity index (χ1n) is 2.45. The van der Waals surface area contributed by atoms with E-state index >= 15 is 0 Å². The summed E-state index contributed by atoms with van der Waals surface area (Å²) in [5.41, 5.74) is 0. The van der Waals surface area contributed by atoms with Gasteiger partial charge < -0.3 is 0 Å². The van der Waals surface area contributed by atoms with Gasteiger partial charge in [0.1, 0.15) is 5.82 Å². The first-order valence-corrected chi connectivity index (χ1v) is 3.45. The van der Waals surface area contributed by atoms with E-state index in [0.29, 0.717) is 0 Å². The van der Waals surface area contributed by atoms with E-state index in [-0.39, 0.29) is 5.82 Å². The van der Waals surface area contributed by atoms with Crippen molar-refractivity contribution >= 4 is 10.6 Å². The number of hydrogen-bond donors (Lipinski definition) is 0. The Hall–Kier alpha value is -1.30. The smallest absolute Gasteiger partial charge is 0.262 e. The minimum absolute atomic E-state index is 0.289. The lowest BCUT2D eigenvalue weighted by Gasteiger charge is -1.78.